The molecule has 0 aromatic heterocycles. The van der Waals surface area contributed by atoms with Gasteiger partial charge in [0, 0.05) is 16.8 Å². The lowest BCUT2D eigenvalue weighted by molar-refractivity contribution is -0.132. The zero-order valence-electron chi connectivity index (χ0n) is 13.9. The van der Waals surface area contributed by atoms with Gasteiger partial charge in [-0.3, -0.25) is 4.79 Å². The van der Waals surface area contributed by atoms with Gasteiger partial charge in [0.1, 0.15) is 5.78 Å². The number of carbonyl (C=O) groups excluding carboxylic acids is 1. The van der Waals surface area contributed by atoms with Crippen molar-refractivity contribution in [1.82, 2.24) is 0 Å². The van der Waals surface area contributed by atoms with Crippen LogP contribution in [0, 0.1) is 35.0 Å². The maximum absolute atomic E-state index is 11.9. The summed E-state index contributed by atoms with van der Waals surface area (Å²) in [5.41, 5.74) is -0.354. The summed E-state index contributed by atoms with van der Waals surface area (Å²) in [5, 5.41) is 10.9. The van der Waals surface area contributed by atoms with Crippen molar-refractivity contribution < 1.29 is 9.90 Å². The van der Waals surface area contributed by atoms with E-state index in [9.17, 15) is 9.90 Å². The molecule has 4 aliphatic rings. The van der Waals surface area contributed by atoms with Crippen molar-refractivity contribution in [2.45, 2.75) is 74.7 Å². The molecule has 0 radical (unpaired) electrons. The highest BCUT2D eigenvalue weighted by Crippen LogP contribution is 2.65. The predicted molar refractivity (Wildman–Crippen MR) is 95.9 cm³/mol. The molecule has 8 atom stereocenters. The minimum absolute atomic E-state index is 0.120. The van der Waals surface area contributed by atoms with Gasteiger partial charge in [-0.2, -0.15) is 0 Å². The first-order chi connectivity index (χ1) is 10.3. The van der Waals surface area contributed by atoms with E-state index < -0.39 is 5.60 Å². The normalized spacial score (nSPS) is 57.9. The van der Waals surface area contributed by atoms with Crippen LogP contribution < -0.4 is 0 Å². The van der Waals surface area contributed by atoms with Crippen LogP contribution in [-0.4, -0.2) is 20.4 Å². The number of hydrogen-bond acceptors (Lipinski definition) is 2. The van der Waals surface area contributed by atoms with Gasteiger partial charge in [0.2, 0.25) is 0 Å². The maximum atomic E-state index is 11.9. The topological polar surface area (TPSA) is 37.3 Å². The fourth-order valence-corrected chi connectivity index (χ4v) is 8.55. The molecular formula is C19H29IO2. The van der Waals surface area contributed by atoms with Gasteiger partial charge < -0.3 is 5.11 Å². The highest BCUT2D eigenvalue weighted by Gasteiger charge is 2.62. The van der Waals surface area contributed by atoms with Crippen molar-refractivity contribution in [3.05, 3.63) is 0 Å². The molecule has 124 valence electrons. The van der Waals surface area contributed by atoms with E-state index in [0.717, 1.165) is 43.4 Å². The molecule has 22 heavy (non-hydrogen) atoms. The molecule has 4 aliphatic carbocycles. The molecule has 0 aliphatic heterocycles. The molecule has 0 aromatic rings. The first-order valence-electron chi connectivity index (χ1n) is 9.21. The SMILES string of the molecule is CC12CC[C@@H]3C4CCC(=O)CC4C[C@@H](I)[C@H]3[C@@H]1CC[C@]2(C)O. The largest absolute Gasteiger partial charge is 0.390 e. The standard InChI is InChI=1S/C19H29IO2/c1-18-7-5-14-13-4-3-12(21)9-11(13)10-16(20)17(14)15(18)6-8-19(18,2)22/h11,13-17,22H,3-10H2,1-2H3/t11?,13?,14-,15+,16-,17-,18?,19+/m1/s1. The van der Waals surface area contributed by atoms with Crippen molar-refractivity contribution in [1.29, 1.82) is 0 Å². The van der Waals surface area contributed by atoms with Crippen LogP contribution >= 0.6 is 22.6 Å². The molecule has 3 unspecified atom stereocenters. The van der Waals surface area contributed by atoms with E-state index in [2.05, 4.69) is 36.4 Å². The number of aliphatic hydroxyl groups is 1. The van der Waals surface area contributed by atoms with Crippen LogP contribution in [0.2, 0.25) is 0 Å². The Kier molecular flexibility index (Phi) is 3.73. The third kappa shape index (κ3) is 2.09. The lowest BCUT2D eigenvalue weighted by atomic mass is 9.49. The Hall–Kier alpha value is 0.360. The van der Waals surface area contributed by atoms with E-state index >= 15 is 0 Å². The molecule has 4 fully saturated rings. The van der Waals surface area contributed by atoms with Crippen LogP contribution in [0.25, 0.3) is 0 Å². The second-order valence-electron chi connectivity index (χ2n) is 9.07. The lowest BCUT2D eigenvalue weighted by Crippen LogP contribution is -2.55. The molecule has 2 nitrogen and oxygen atoms in total. The molecule has 0 saturated heterocycles. The number of carbonyl (C=O) groups is 1. The van der Waals surface area contributed by atoms with E-state index in [1.54, 1.807) is 0 Å². The predicted octanol–water partition coefficient (Wildman–Crippen LogP) is 4.37. The smallest absolute Gasteiger partial charge is 0.133 e. The third-order valence-electron chi connectivity index (χ3n) is 8.29. The van der Waals surface area contributed by atoms with Crippen molar-refractivity contribution in [3.63, 3.8) is 0 Å². The summed E-state index contributed by atoms with van der Waals surface area (Å²) in [7, 11) is 0. The zero-order valence-corrected chi connectivity index (χ0v) is 16.0. The number of Topliss-reactive ketones (excluding diaryl/α,β-unsaturated/α-hetero) is 1. The Bertz CT molecular complexity index is 488. The summed E-state index contributed by atoms with van der Waals surface area (Å²) >= 11 is 2.69. The molecular weight excluding hydrogens is 387 g/mol. The summed E-state index contributed by atoms with van der Waals surface area (Å²) in [4.78, 5) is 11.9. The molecule has 0 amide bonds. The summed E-state index contributed by atoms with van der Waals surface area (Å²) in [6, 6.07) is 0. The minimum Gasteiger partial charge on any atom is -0.390 e. The number of rotatable bonds is 0. The molecule has 4 rings (SSSR count). The molecule has 3 heteroatoms. The average Bonchev–Trinajstić information content (AvgIpc) is 2.69. The van der Waals surface area contributed by atoms with Crippen LogP contribution in [-0.2, 0) is 4.79 Å². The number of halogens is 1. The van der Waals surface area contributed by atoms with Crippen molar-refractivity contribution in [3.8, 4) is 0 Å². The molecule has 0 aromatic carbocycles. The monoisotopic (exact) mass is 416 g/mol. The molecule has 0 bridgehead atoms. The fourth-order valence-electron chi connectivity index (χ4n) is 6.87. The quantitative estimate of drug-likeness (QED) is 0.470. The van der Waals surface area contributed by atoms with Gasteiger partial charge in [-0.1, -0.05) is 29.5 Å². The average molecular weight is 416 g/mol. The van der Waals surface area contributed by atoms with Gasteiger partial charge in [-0.25, -0.2) is 0 Å². The summed E-state index contributed by atoms with van der Waals surface area (Å²) in [6.45, 7) is 4.45. The number of hydrogen-bond donors (Lipinski definition) is 1. The third-order valence-corrected chi connectivity index (χ3v) is 9.63. The zero-order chi connectivity index (χ0) is 15.7. The fraction of sp³-hybridized carbons (Fsp3) is 0.947. The van der Waals surface area contributed by atoms with Crippen molar-refractivity contribution in [2.75, 3.05) is 0 Å². The van der Waals surface area contributed by atoms with E-state index in [1.165, 1.54) is 25.7 Å². The molecule has 1 N–H and O–H groups in total. The summed E-state index contributed by atoms with van der Waals surface area (Å²) < 4.78 is 0.702. The second-order valence-corrected chi connectivity index (χ2v) is 10.7. The van der Waals surface area contributed by atoms with Crippen LogP contribution in [0.3, 0.4) is 0 Å². The molecule has 4 saturated carbocycles. The molecule has 0 spiro atoms. The van der Waals surface area contributed by atoms with Gasteiger partial charge in [-0.05, 0) is 80.5 Å². The maximum Gasteiger partial charge on any atom is 0.133 e. The van der Waals surface area contributed by atoms with Crippen LogP contribution in [0.1, 0.15) is 65.2 Å². The van der Waals surface area contributed by atoms with Gasteiger partial charge in [0.05, 0.1) is 5.60 Å². The van der Waals surface area contributed by atoms with Crippen LogP contribution in [0.15, 0.2) is 0 Å². The summed E-state index contributed by atoms with van der Waals surface area (Å²) in [6.07, 6.45) is 8.73. The Morgan fingerprint density at radius 3 is 2.68 bits per heavy atom. The molecule has 0 heterocycles. The number of fused-ring (bicyclic) bond motifs is 5. The number of ketones is 1. The van der Waals surface area contributed by atoms with E-state index in [4.69, 9.17) is 0 Å². The van der Waals surface area contributed by atoms with Crippen molar-refractivity contribution in [2.24, 2.45) is 35.0 Å². The minimum atomic E-state index is -0.474. The highest BCUT2D eigenvalue weighted by atomic mass is 127. The first-order valence-corrected chi connectivity index (χ1v) is 10.5. The van der Waals surface area contributed by atoms with E-state index in [0.29, 0.717) is 21.5 Å². The van der Waals surface area contributed by atoms with E-state index in [1.807, 2.05) is 0 Å². The highest BCUT2D eigenvalue weighted by molar-refractivity contribution is 14.1. The Morgan fingerprint density at radius 1 is 1.14 bits per heavy atom. The van der Waals surface area contributed by atoms with Gasteiger partial charge >= 0.3 is 0 Å². The Balaban J connectivity index is 1.64. The lowest BCUT2D eigenvalue weighted by Gasteiger charge is -2.58. The Morgan fingerprint density at radius 2 is 1.91 bits per heavy atom. The summed E-state index contributed by atoms with van der Waals surface area (Å²) in [5.74, 6) is 4.26. The first kappa shape index (κ1) is 15.9. The van der Waals surface area contributed by atoms with Gasteiger partial charge in [-0.15, -0.1) is 0 Å². The van der Waals surface area contributed by atoms with E-state index in [-0.39, 0.29) is 5.41 Å². The van der Waals surface area contributed by atoms with Gasteiger partial charge in [0.25, 0.3) is 0 Å². The van der Waals surface area contributed by atoms with Crippen LogP contribution in [0.5, 0.6) is 0 Å². The second kappa shape index (κ2) is 5.18. The van der Waals surface area contributed by atoms with Crippen LogP contribution in [0.4, 0.5) is 0 Å². The van der Waals surface area contributed by atoms with Crippen molar-refractivity contribution >= 4 is 28.4 Å². The Labute approximate surface area is 148 Å². The van der Waals surface area contributed by atoms with Gasteiger partial charge in [0.15, 0.2) is 0 Å². The number of alkyl halides is 1.